The quantitative estimate of drug-likeness (QED) is 0.827. The van der Waals surface area contributed by atoms with Crippen molar-refractivity contribution in [3.05, 3.63) is 18.2 Å². The number of fused-ring (bicyclic) bond motifs is 1. The van der Waals surface area contributed by atoms with Gasteiger partial charge < -0.3 is 29.2 Å². The van der Waals surface area contributed by atoms with Gasteiger partial charge in [0, 0.05) is 43.6 Å². The summed E-state index contributed by atoms with van der Waals surface area (Å²) >= 11 is 0. The number of hydrogen-bond acceptors (Lipinski definition) is 6. The van der Waals surface area contributed by atoms with Crippen molar-refractivity contribution in [3.8, 4) is 11.5 Å². The molecule has 1 aliphatic carbocycles. The van der Waals surface area contributed by atoms with Crippen molar-refractivity contribution >= 4 is 17.5 Å². The van der Waals surface area contributed by atoms with Crippen LogP contribution in [0.25, 0.3) is 0 Å². The molecule has 1 spiro atoms. The Bertz CT molecular complexity index is 806. The molecule has 1 aromatic carbocycles. The Labute approximate surface area is 169 Å². The van der Waals surface area contributed by atoms with Gasteiger partial charge in [0.05, 0.1) is 19.1 Å². The Morgan fingerprint density at radius 2 is 1.90 bits per heavy atom. The van der Waals surface area contributed by atoms with Crippen LogP contribution in [0.5, 0.6) is 11.5 Å². The van der Waals surface area contributed by atoms with E-state index in [1.54, 1.807) is 4.90 Å². The zero-order valence-electron chi connectivity index (χ0n) is 16.4. The molecule has 1 saturated carbocycles. The molecule has 5 rings (SSSR count). The fourth-order valence-electron chi connectivity index (χ4n) is 4.73. The van der Waals surface area contributed by atoms with Crippen LogP contribution in [-0.4, -0.2) is 56.6 Å². The summed E-state index contributed by atoms with van der Waals surface area (Å²) in [6.45, 7) is 2.61. The zero-order valence-corrected chi connectivity index (χ0v) is 16.4. The summed E-state index contributed by atoms with van der Waals surface area (Å²) in [5, 5.41) is 3.13. The molecule has 0 bridgehead atoms. The third kappa shape index (κ3) is 3.67. The second-order valence-corrected chi connectivity index (χ2v) is 8.14. The Hall–Kier alpha value is -2.32. The Morgan fingerprint density at radius 1 is 1.10 bits per heavy atom. The molecule has 2 atom stereocenters. The van der Waals surface area contributed by atoms with E-state index < -0.39 is 5.79 Å². The van der Waals surface area contributed by atoms with E-state index in [1.165, 1.54) is 0 Å². The molecule has 2 amide bonds. The molecule has 156 valence electrons. The van der Waals surface area contributed by atoms with Crippen LogP contribution >= 0.6 is 0 Å². The minimum atomic E-state index is -0.529. The minimum absolute atomic E-state index is 0.0211. The number of carbonyl (C=O) groups is 2. The number of nitrogens with zero attached hydrogens (tertiary/aromatic N) is 1. The van der Waals surface area contributed by atoms with E-state index in [0.29, 0.717) is 50.9 Å². The first kappa shape index (κ1) is 18.7. The van der Waals surface area contributed by atoms with Crippen molar-refractivity contribution in [3.63, 3.8) is 0 Å². The monoisotopic (exact) mass is 402 g/mol. The maximum atomic E-state index is 12.9. The van der Waals surface area contributed by atoms with Crippen LogP contribution in [0.3, 0.4) is 0 Å². The molecular formula is C21H26N2O6. The van der Waals surface area contributed by atoms with Gasteiger partial charge in [-0.3, -0.25) is 9.59 Å². The third-order valence-corrected chi connectivity index (χ3v) is 6.16. The van der Waals surface area contributed by atoms with Crippen molar-refractivity contribution in [1.29, 1.82) is 0 Å². The van der Waals surface area contributed by atoms with Gasteiger partial charge in [0.1, 0.15) is 13.2 Å². The lowest BCUT2D eigenvalue weighted by molar-refractivity contribution is -0.182. The topological polar surface area (TPSA) is 86.3 Å². The van der Waals surface area contributed by atoms with Crippen LogP contribution < -0.4 is 19.7 Å². The van der Waals surface area contributed by atoms with E-state index in [1.807, 2.05) is 18.2 Å². The number of hydrogen-bond donors (Lipinski definition) is 1. The number of benzene rings is 1. The number of amides is 2. The van der Waals surface area contributed by atoms with Gasteiger partial charge in [-0.15, -0.1) is 0 Å². The predicted molar refractivity (Wildman–Crippen MR) is 103 cm³/mol. The van der Waals surface area contributed by atoms with Gasteiger partial charge in [-0.1, -0.05) is 0 Å². The van der Waals surface area contributed by atoms with E-state index in [9.17, 15) is 9.59 Å². The lowest BCUT2D eigenvalue weighted by atomic mass is 9.89. The van der Waals surface area contributed by atoms with Crippen molar-refractivity contribution in [2.24, 2.45) is 5.92 Å². The minimum Gasteiger partial charge on any atom is -0.486 e. The second-order valence-electron chi connectivity index (χ2n) is 8.14. The van der Waals surface area contributed by atoms with E-state index >= 15 is 0 Å². The van der Waals surface area contributed by atoms with Gasteiger partial charge in [0.15, 0.2) is 17.3 Å². The number of nitrogens with one attached hydrogen (secondary N) is 1. The maximum absolute atomic E-state index is 12.9. The molecule has 3 heterocycles. The third-order valence-electron chi connectivity index (χ3n) is 6.16. The highest BCUT2D eigenvalue weighted by atomic mass is 16.7. The highest BCUT2D eigenvalue weighted by molar-refractivity contribution is 6.00. The van der Waals surface area contributed by atoms with Gasteiger partial charge in [-0.2, -0.15) is 0 Å². The van der Waals surface area contributed by atoms with E-state index in [0.717, 1.165) is 24.9 Å². The first-order chi connectivity index (χ1) is 14.1. The molecule has 4 aliphatic rings. The van der Waals surface area contributed by atoms with Gasteiger partial charge >= 0.3 is 0 Å². The molecule has 0 unspecified atom stereocenters. The summed E-state index contributed by atoms with van der Waals surface area (Å²) in [6.07, 6.45) is 3.63. The average Bonchev–Trinajstić information content (AvgIpc) is 3.34. The van der Waals surface area contributed by atoms with Crippen molar-refractivity contribution in [2.75, 3.05) is 37.9 Å². The standard InChI is InChI=1S/C21H26N2O6/c24-19-10-14(13-23(19)16-3-4-17-18(11-16)27-7-6-26-17)20(25)22-15-2-1-5-21(12-15)28-8-9-29-21/h3-4,11,14-15H,1-2,5-10,12-13H2,(H,22,25)/t14-,15+/m0/s1. The molecule has 8 nitrogen and oxygen atoms in total. The van der Waals surface area contributed by atoms with E-state index in [2.05, 4.69) is 5.32 Å². The van der Waals surface area contributed by atoms with Crippen LogP contribution in [0.15, 0.2) is 18.2 Å². The molecule has 8 heteroatoms. The highest BCUT2D eigenvalue weighted by Crippen LogP contribution is 2.37. The predicted octanol–water partition coefficient (Wildman–Crippen LogP) is 1.61. The zero-order chi connectivity index (χ0) is 19.8. The Morgan fingerprint density at radius 3 is 2.72 bits per heavy atom. The lowest BCUT2D eigenvalue weighted by Gasteiger charge is -2.36. The van der Waals surface area contributed by atoms with Crippen LogP contribution in [0.1, 0.15) is 32.1 Å². The van der Waals surface area contributed by atoms with Crippen LogP contribution in [0.2, 0.25) is 0 Å². The SMILES string of the molecule is O=C(N[C@@H]1CCCC2(C1)OCCO2)[C@H]1CC(=O)N(c2ccc3c(c2)OCCO3)C1. The maximum Gasteiger partial charge on any atom is 0.227 e. The number of anilines is 1. The van der Waals surface area contributed by atoms with Gasteiger partial charge in [0.25, 0.3) is 0 Å². The summed E-state index contributed by atoms with van der Waals surface area (Å²) in [7, 11) is 0. The highest BCUT2D eigenvalue weighted by Gasteiger charge is 2.43. The van der Waals surface area contributed by atoms with Crippen LogP contribution in [0, 0.1) is 5.92 Å². The molecule has 1 N–H and O–H groups in total. The smallest absolute Gasteiger partial charge is 0.227 e. The fourth-order valence-corrected chi connectivity index (χ4v) is 4.73. The normalized spacial score (nSPS) is 28.0. The largest absolute Gasteiger partial charge is 0.486 e. The van der Waals surface area contributed by atoms with Gasteiger partial charge in [0.2, 0.25) is 11.8 Å². The molecular weight excluding hydrogens is 376 g/mol. The first-order valence-corrected chi connectivity index (χ1v) is 10.4. The Kier molecular flexibility index (Phi) is 4.83. The molecule has 0 radical (unpaired) electrons. The molecule has 1 aromatic rings. The summed E-state index contributed by atoms with van der Waals surface area (Å²) in [4.78, 5) is 27.1. The number of ether oxygens (including phenoxy) is 4. The van der Waals surface area contributed by atoms with Crippen molar-refractivity contribution in [1.82, 2.24) is 5.32 Å². The lowest BCUT2D eigenvalue weighted by Crippen LogP contribution is -2.48. The van der Waals surface area contributed by atoms with Gasteiger partial charge in [-0.05, 0) is 25.0 Å². The van der Waals surface area contributed by atoms with Crippen LogP contribution in [0.4, 0.5) is 5.69 Å². The van der Waals surface area contributed by atoms with E-state index in [4.69, 9.17) is 18.9 Å². The molecule has 3 fully saturated rings. The summed E-state index contributed by atoms with van der Waals surface area (Å²) in [5.74, 6) is 0.308. The number of carbonyl (C=O) groups excluding carboxylic acids is 2. The average molecular weight is 402 g/mol. The van der Waals surface area contributed by atoms with Crippen LogP contribution in [-0.2, 0) is 19.1 Å². The first-order valence-electron chi connectivity index (χ1n) is 10.4. The summed E-state index contributed by atoms with van der Waals surface area (Å²) < 4.78 is 22.7. The van der Waals surface area contributed by atoms with Crippen molar-refractivity contribution < 1.29 is 28.5 Å². The molecule has 0 aromatic heterocycles. The fraction of sp³-hybridized carbons (Fsp3) is 0.619. The van der Waals surface area contributed by atoms with Crippen molar-refractivity contribution in [2.45, 2.75) is 43.9 Å². The number of rotatable bonds is 3. The van der Waals surface area contributed by atoms with Gasteiger partial charge in [-0.25, -0.2) is 0 Å². The molecule has 2 saturated heterocycles. The summed E-state index contributed by atoms with van der Waals surface area (Å²) in [6, 6.07) is 5.48. The second kappa shape index (κ2) is 7.50. The van der Waals surface area contributed by atoms with E-state index in [-0.39, 0.29) is 30.2 Å². The Balaban J connectivity index is 1.22. The molecule has 3 aliphatic heterocycles. The molecule has 29 heavy (non-hydrogen) atoms. The summed E-state index contributed by atoms with van der Waals surface area (Å²) in [5.41, 5.74) is 0.735.